The average molecular weight is 447 g/mol. The minimum absolute atomic E-state index is 0.157. The van der Waals surface area contributed by atoms with E-state index in [1.165, 1.54) is 17.7 Å². The van der Waals surface area contributed by atoms with Crippen LogP contribution in [0.2, 0.25) is 0 Å². The number of fused-ring (bicyclic) bond motifs is 1. The van der Waals surface area contributed by atoms with Gasteiger partial charge in [0.05, 0.1) is 18.0 Å². The number of benzene rings is 2. The first-order valence-electron chi connectivity index (χ1n) is 11.0. The van der Waals surface area contributed by atoms with E-state index in [2.05, 4.69) is 5.32 Å². The van der Waals surface area contributed by atoms with Gasteiger partial charge in [-0.3, -0.25) is 4.79 Å². The first-order valence-corrected chi connectivity index (χ1v) is 11.0. The van der Waals surface area contributed by atoms with Gasteiger partial charge in [0.15, 0.2) is 5.65 Å². The number of carbonyl (C=O) groups excluding carboxylic acids is 1. The van der Waals surface area contributed by atoms with E-state index >= 15 is 0 Å². The Kier molecular flexibility index (Phi) is 6.40. The van der Waals surface area contributed by atoms with Crippen molar-refractivity contribution in [2.75, 3.05) is 11.9 Å². The van der Waals surface area contributed by atoms with Gasteiger partial charge in [0.25, 0.3) is 0 Å². The Labute approximate surface area is 192 Å². The molecule has 0 saturated heterocycles. The fourth-order valence-electron chi connectivity index (χ4n) is 3.94. The molecular weight excluding hydrogens is 419 g/mol. The number of ether oxygens (including phenoxy) is 1. The van der Waals surface area contributed by atoms with E-state index in [1.807, 2.05) is 56.6 Å². The van der Waals surface area contributed by atoms with E-state index in [-0.39, 0.29) is 18.1 Å². The van der Waals surface area contributed by atoms with Crippen molar-refractivity contribution >= 4 is 22.6 Å². The third-order valence-corrected chi connectivity index (χ3v) is 5.62. The minimum atomic E-state index is -0.342. The summed E-state index contributed by atoms with van der Waals surface area (Å²) < 4.78 is 20.8. The maximum absolute atomic E-state index is 13.1. The summed E-state index contributed by atoms with van der Waals surface area (Å²) in [6.07, 6.45) is 0.711. The van der Waals surface area contributed by atoms with Crippen LogP contribution in [0.5, 0.6) is 5.88 Å². The Morgan fingerprint density at radius 1 is 1.06 bits per heavy atom. The number of aryl methyl sites for hydroxylation is 3. The van der Waals surface area contributed by atoms with Crippen molar-refractivity contribution < 1.29 is 13.9 Å². The SMILES string of the molecule is CCOc1nc2c(c(C)nn2-c2ccc(C)cc2)c(C)c1CCC(=O)Nc1ccc(F)cc1. The number of aromatic nitrogens is 3. The number of hydrogen-bond donors (Lipinski definition) is 1. The van der Waals surface area contributed by atoms with Gasteiger partial charge in [-0.25, -0.2) is 9.07 Å². The summed E-state index contributed by atoms with van der Waals surface area (Å²) in [5.74, 6) is 0.0203. The number of rotatable bonds is 7. The van der Waals surface area contributed by atoms with Crippen LogP contribution in [-0.2, 0) is 11.2 Å². The summed E-state index contributed by atoms with van der Waals surface area (Å²) in [4.78, 5) is 17.3. The predicted molar refractivity (Wildman–Crippen MR) is 128 cm³/mol. The Morgan fingerprint density at radius 3 is 2.42 bits per heavy atom. The minimum Gasteiger partial charge on any atom is -0.478 e. The van der Waals surface area contributed by atoms with Crippen molar-refractivity contribution in [3.63, 3.8) is 0 Å². The van der Waals surface area contributed by atoms with E-state index in [4.69, 9.17) is 14.8 Å². The number of amides is 1. The summed E-state index contributed by atoms with van der Waals surface area (Å²) in [5.41, 5.74) is 6.17. The number of halogens is 1. The molecule has 0 spiro atoms. The van der Waals surface area contributed by atoms with Gasteiger partial charge in [-0.1, -0.05) is 17.7 Å². The highest BCUT2D eigenvalue weighted by Crippen LogP contribution is 2.32. The highest BCUT2D eigenvalue weighted by molar-refractivity contribution is 5.91. The largest absolute Gasteiger partial charge is 0.478 e. The number of hydrogen-bond acceptors (Lipinski definition) is 4. The molecule has 2 aromatic carbocycles. The van der Waals surface area contributed by atoms with Gasteiger partial charge in [0, 0.05) is 23.1 Å². The molecular formula is C26H27FN4O2. The molecule has 0 aliphatic heterocycles. The molecule has 2 heterocycles. The second kappa shape index (κ2) is 9.40. The maximum Gasteiger partial charge on any atom is 0.224 e. The molecule has 0 aliphatic rings. The van der Waals surface area contributed by atoms with Gasteiger partial charge in [-0.05, 0) is 76.1 Å². The van der Waals surface area contributed by atoms with Crippen LogP contribution < -0.4 is 10.1 Å². The number of nitrogens with one attached hydrogen (secondary N) is 1. The zero-order valence-electron chi connectivity index (χ0n) is 19.3. The maximum atomic E-state index is 13.1. The molecule has 0 aliphatic carbocycles. The molecule has 0 saturated carbocycles. The molecule has 4 rings (SSSR count). The molecule has 2 aromatic heterocycles. The van der Waals surface area contributed by atoms with Gasteiger partial charge in [0.2, 0.25) is 11.8 Å². The number of pyridine rings is 1. The first-order chi connectivity index (χ1) is 15.9. The van der Waals surface area contributed by atoms with Crippen LogP contribution in [0.4, 0.5) is 10.1 Å². The average Bonchev–Trinajstić information content (AvgIpc) is 3.12. The van der Waals surface area contributed by atoms with Crippen molar-refractivity contribution in [3.05, 3.63) is 76.7 Å². The van der Waals surface area contributed by atoms with Gasteiger partial charge in [-0.15, -0.1) is 0 Å². The third kappa shape index (κ3) is 4.72. The molecule has 6 nitrogen and oxygen atoms in total. The van der Waals surface area contributed by atoms with Gasteiger partial charge in [-0.2, -0.15) is 10.1 Å². The smallest absolute Gasteiger partial charge is 0.224 e. The molecule has 1 amide bonds. The summed E-state index contributed by atoms with van der Waals surface area (Å²) in [6, 6.07) is 13.9. The lowest BCUT2D eigenvalue weighted by molar-refractivity contribution is -0.116. The highest BCUT2D eigenvalue weighted by Gasteiger charge is 2.20. The molecule has 4 aromatic rings. The molecule has 0 atom stereocenters. The molecule has 170 valence electrons. The van der Waals surface area contributed by atoms with Crippen molar-refractivity contribution in [3.8, 4) is 11.6 Å². The Morgan fingerprint density at radius 2 is 1.76 bits per heavy atom. The van der Waals surface area contributed by atoms with Crippen LogP contribution in [0.3, 0.4) is 0 Å². The van der Waals surface area contributed by atoms with E-state index in [0.29, 0.717) is 24.6 Å². The fraction of sp³-hybridized carbons (Fsp3) is 0.269. The van der Waals surface area contributed by atoms with Crippen molar-refractivity contribution in [2.45, 2.75) is 40.5 Å². The van der Waals surface area contributed by atoms with Crippen LogP contribution in [0.1, 0.15) is 35.7 Å². The van der Waals surface area contributed by atoms with Gasteiger partial charge in [0.1, 0.15) is 5.82 Å². The van der Waals surface area contributed by atoms with Crippen LogP contribution in [0, 0.1) is 26.6 Å². The van der Waals surface area contributed by atoms with Crippen LogP contribution in [0.25, 0.3) is 16.7 Å². The number of carbonyl (C=O) groups is 1. The quantitative estimate of drug-likeness (QED) is 0.410. The van der Waals surface area contributed by atoms with Crippen LogP contribution in [-0.4, -0.2) is 27.3 Å². The Hall–Kier alpha value is -3.74. The van der Waals surface area contributed by atoms with Crippen molar-refractivity contribution in [2.24, 2.45) is 0 Å². The van der Waals surface area contributed by atoms with E-state index in [9.17, 15) is 9.18 Å². The predicted octanol–water partition coefficient (Wildman–Crippen LogP) is 5.45. The zero-order valence-corrected chi connectivity index (χ0v) is 19.3. The third-order valence-electron chi connectivity index (χ3n) is 5.62. The summed E-state index contributed by atoms with van der Waals surface area (Å²) in [6.45, 7) is 8.41. The second-order valence-corrected chi connectivity index (χ2v) is 8.04. The summed E-state index contributed by atoms with van der Waals surface area (Å²) in [5, 5.41) is 8.51. The standard InChI is InChI=1S/C26H27FN4O2/c1-5-33-26-22(14-15-23(32)28-20-10-8-19(27)9-11-20)17(3)24-18(4)30-31(25(24)29-26)21-12-6-16(2)7-13-21/h6-13H,5,14-15H2,1-4H3,(H,28,32). The fourth-order valence-corrected chi connectivity index (χ4v) is 3.94. The molecule has 33 heavy (non-hydrogen) atoms. The van der Waals surface area contributed by atoms with Gasteiger partial charge < -0.3 is 10.1 Å². The lowest BCUT2D eigenvalue weighted by Crippen LogP contribution is -2.13. The number of nitrogens with zero attached hydrogens (tertiary/aromatic N) is 3. The van der Waals surface area contributed by atoms with E-state index in [1.54, 1.807) is 12.1 Å². The summed E-state index contributed by atoms with van der Waals surface area (Å²) in [7, 11) is 0. The zero-order chi connectivity index (χ0) is 23.5. The lowest BCUT2D eigenvalue weighted by atomic mass is 10.0. The van der Waals surface area contributed by atoms with Crippen molar-refractivity contribution in [1.82, 2.24) is 14.8 Å². The normalized spacial score (nSPS) is 11.1. The van der Waals surface area contributed by atoms with Crippen LogP contribution >= 0.6 is 0 Å². The molecule has 0 unspecified atom stereocenters. The molecule has 0 fully saturated rings. The first kappa shape index (κ1) is 22.5. The van der Waals surface area contributed by atoms with E-state index in [0.717, 1.165) is 33.5 Å². The lowest BCUT2D eigenvalue weighted by Gasteiger charge is -2.14. The molecule has 1 N–H and O–H groups in total. The number of anilines is 1. The summed E-state index contributed by atoms with van der Waals surface area (Å²) >= 11 is 0. The molecule has 0 bridgehead atoms. The monoisotopic (exact) mass is 446 g/mol. The highest BCUT2D eigenvalue weighted by atomic mass is 19.1. The Balaban J connectivity index is 1.66. The van der Waals surface area contributed by atoms with Crippen molar-refractivity contribution in [1.29, 1.82) is 0 Å². The van der Waals surface area contributed by atoms with Gasteiger partial charge >= 0.3 is 0 Å². The molecule has 7 heteroatoms. The second-order valence-electron chi connectivity index (χ2n) is 8.04. The molecule has 0 radical (unpaired) electrons. The topological polar surface area (TPSA) is 69.0 Å². The van der Waals surface area contributed by atoms with E-state index < -0.39 is 0 Å². The Bertz CT molecular complexity index is 1300. The van der Waals surface area contributed by atoms with Crippen LogP contribution in [0.15, 0.2) is 48.5 Å².